The second kappa shape index (κ2) is 6.01. The topological polar surface area (TPSA) is 72.2 Å². The quantitative estimate of drug-likeness (QED) is 0.527. The summed E-state index contributed by atoms with van der Waals surface area (Å²) in [6.45, 7) is 1.87. The number of carbonyl (C=O) groups excluding carboxylic acids is 1. The highest BCUT2D eigenvalue weighted by Gasteiger charge is 2.18. The van der Waals surface area contributed by atoms with Crippen molar-refractivity contribution in [1.29, 1.82) is 0 Å². The van der Waals surface area contributed by atoms with E-state index in [1.807, 2.05) is 0 Å². The largest absolute Gasteiger partial charge is 0.341 e. The van der Waals surface area contributed by atoms with E-state index in [0.29, 0.717) is 0 Å². The van der Waals surface area contributed by atoms with Crippen LogP contribution in [-0.2, 0) is 0 Å². The van der Waals surface area contributed by atoms with E-state index in [9.17, 15) is 14.9 Å². The molecular formula is C11H9BrN2O3. The molecule has 1 amide bonds. The van der Waals surface area contributed by atoms with E-state index in [1.165, 1.54) is 18.2 Å². The summed E-state index contributed by atoms with van der Waals surface area (Å²) in [5, 5.41) is 13.2. The van der Waals surface area contributed by atoms with Crippen LogP contribution in [0.3, 0.4) is 0 Å². The molecule has 17 heavy (non-hydrogen) atoms. The molecule has 1 rings (SSSR count). The molecule has 0 saturated heterocycles. The molecule has 0 aliphatic heterocycles. The van der Waals surface area contributed by atoms with Crippen molar-refractivity contribution in [2.24, 2.45) is 0 Å². The van der Waals surface area contributed by atoms with Gasteiger partial charge in [0.05, 0.1) is 17.0 Å². The van der Waals surface area contributed by atoms with E-state index in [1.54, 1.807) is 6.92 Å². The zero-order valence-corrected chi connectivity index (χ0v) is 10.6. The van der Waals surface area contributed by atoms with E-state index in [2.05, 4.69) is 33.1 Å². The molecule has 88 valence electrons. The van der Waals surface area contributed by atoms with Crippen LogP contribution in [0, 0.1) is 22.0 Å². The number of nitro benzene ring substituents is 1. The molecule has 0 radical (unpaired) electrons. The Bertz CT molecular complexity index is 517. The van der Waals surface area contributed by atoms with Gasteiger partial charge in [-0.05, 0) is 28.9 Å². The summed E-state index contributed by atoms with van der Waals surface area (Å²) in [7, 11) is 0. The molecule has 0 saturated carbocycles. The number of nitro groups is 1. The number of rotatable bonds is 3. The predicted molar refractivity (Wildman–Crippen MR) is 66.6 cm³/mol. The fourth-order valence-corrected chi connectivity index (χ4v) is 1.73. The molecule has 0 atom stereocenters. The number of benzene rings is 1. The van der Waals surface area contributed by atoms with Crippen LogP contribution in [0.4, 0.5) is 5.69 Å². The molecule has 0 spiro atoms. The number of nitrogens with one attached hydrogen (secondary N) is 1. The molecule has 0 aromatic heterocycles. The number of hydrogen-bond donors (Lipinski definition) is 1. The van der Waals surface area contributed by atoms with E-state index < -0.39 is 10.8 Å². The van der Waals surface area contributed by atoms with Gasteiger partial charge in [-0.1, -0.05) is 12.0 Å². The van der Waals surface area contributed by atoms with Crippen molar-refractivity contribution in [3.63, 3.8) is 0 Å². The molecule has 0 aliphatic rings. The first-order valence-corrected chi connectivity index (χ1v) is 5.48. The minimum absolute atomic E-state index is 0.140. The first kappa shape index (κ1) is 13.2. The average molecular weight is 297 g/mol. The third-order valence-corrected chi connectivity index (χ3v) is 2.77. The van der Waals surface area contributed by atoms with Gasteiger partial charge in [0.15, 0.2) is 0 Å². The van der Waals surface area contributed by atoms with Gasteiger partial charge in [0.25, 0.3) is 11.6 Å². The molecule has 5 nitrogen and oxygen atoms in total. The lowest BCUT2D eigenvalue weighted by Gasteiger charge is -2.04. The molecule has 6 heteroatoms. The van der Waals surface area contributed by atoms with Crippen LogP contribution in [0.15, 0.2) is 22.7 Å². The number of halogens is 1. The molecule has 0 unspecified atom stereocenters. The molecule has 0 fully saturated rings. The second-order valence-electron chi connectivity index (χ2n) is 3.01. The molecule has 1 N–H and O–H groups in total. The Kier molecular flexibility index (Phi) is 4.67. The van der Waals surface area contributed by atoms with Gasteiger partial charge in [-0.3, -0.25) is 14.9 Å². The van der Waals surface area contributed by atoms with Crippen LogP contribution in [0.25, 0.3) is 0 Å². The first-order valence-electron chi connectivity index (χ1n) is 4.68. The lowest BCUT2D eigenvalue weighted by atomic mass is 10.2. The number of nitrogens with zero attached hydrogens (tertiary/aromatic N) is 1. The van der Waals surface area contributed by atoms with E-state index in [-0.39, 0.29) is 22.3 Å². The summed E-state index contributed by atoms with van der Waals surface area (Å²) in [5.41, 5.74) is 0.0799. The Morgan fingerprint density at radius 3 is 2.88 bits per heavy atom. The highest BCUT2D eigenvalue weighted by atomic mass is 79.9. The third kappa shape index (κ3) is 3.29. The fourth-order valence-electron chi connectivity index (χ4n) is 1.14. The summed E-state index contributed by atoms with van der Waals surface area (Å²) in [6, 6.07) is 4.29. The van der Waals surface area contributed by atoms with E-state index in [0.717, 1.165) is 0 Å². The molecule has 0 heterocycles. The minimum Gasteiger partial charge on any atom is -0.341 e. The van der Waals surface area contributed by atoms with Crippen LogP contribution in [-0.4, -0.2) is 17.4 Å². The maximum atomic E-state index is 11.7. The molecule has 0 bridgehead atoms. The molecular weight excluding hydrogens is 288 g/mol. The van der Waals surface area contributed by atoms with Crippen LogP contribution in [0.5, 0.6) is 0 Å². The van der Waals surface area contributed by atoms with Crippen LogP contribution >= 0.6 is 15.9 Å². The van der Waals surface area contributed by atoms with Crippen molar-refractivity contribution in [3.05, 3.63) is 38.3 Å². The smallest absolute Gasteiger partial charge is 0.284 e. The van der Waals surface area contributed by atoms with Gasteiger partial charge in [-0.2, -0.15) is 0 Å². The molecule has 0 aliphatic carbocycles. The Morgan fingerprint density at radius 1 is 1.59 bits per heavy atom. The zero-order chi connectivity index (χ0) is 12.8. The lowest BCUT2D eigenvalue weighted by molar-refractivity contribution is -0.385. The maximum Gasteiger partial charge on any atom is 0.284 e. The average Bonchev–Trinajstić information content (AvgIpc) is 2.29. The number of carbonyl (C=O) groups is 1. The Balaban J connectivity index is 2.97. The minimum atomic E-state index is -0.549. The van der Waals surface area contributed by atoms with Crippen molar-refractivity contribution in [2.45, 2.75) is 6.92 Å². The normalized spacial score (nSPS) is 9.06. The van der Waals surface area contributed by atoms with Gasteiger partial charge in [-0.25, -0.2) is 0 Å². The van der Waals surface area contributed by atoms with Gasteiger partial charge in [-0.15, -0.1) is 5.92 Å². The summed E-state index contributed by atoms with van der Waals surface area (Å²) in [4.78, 5) is 21.8. The Hall–Kier alpha value is -1.87. The van der Waals surface area contributed by atoms with Gasteiger partial charge >= 0.3 is 0 Å². The van der Waals surface area contributed by atoms with Gasteiger partial charge < -0.3 is 5.32 Å². The summed E-state index contributed by atoms with van der Waals surface area (Å²) in [5.74, 6) is 4.91. The number of amides is 1. The van der Waals surface area contributed by atoms with Crippen LogP contribution in [0.1, 0.15) is 17.3 Å². The first-order chi connectivity index (χ1) is 8.07. The summed E-state index contributed by atoms with van der Waals surface area (Å²) >= 11 is 3.05. The zero-order valence-electron chi connectivity index (χ0n) is 8.99. The van der Waals surface area contributed by atoms with E-state index in [4.69, 9.17) is 0 Å². The van der Waals surface area contributed by atoms with Gasteiger partial charge in [0.1, 0.15) is 4.47 Å². The third-order valence-electron chi connectivity index (χ3n) is 1.93. The van der Waals surface area contributed by atoms with Crippen LogP contribution < -0.4 is 5.32 Å². The summed E-state index contributed by atoms with van der Waals surface area (Å²) < 4.78 is 0.173. The fraction of sp³-hybridized carbons (Fsp3) is 0.182. The van der Waals surface area contributed by atoms with Crippen molar-refractivity contribution < 1.29 is 9.72 Å². The highest BCUT2D eigenvalue weighted by Crippen LogP contribution is 2.27. The predicted octanol–water partition coefficient (Wildman–Crippen LogP) is 2.11. The summed E-state index contributed by atoms with van der Waals surface area (Å²) in [6.07, 6.45) is 0. The second-order valence-corrected chi connectivity index (χ2v) is 3.80. The highest BCUT2D eigenvalue weighted by molar-refractivity contribution is 9.10. The molecule has 1 aromatic carbocycles. The lowest BCUT2D eigenvalue weighted by Crippen LogP contribution is -2.24. The standard InChI is InChI=1S/C11H9BrN2O3/c1-2-3-7-13-11(15)8-5-4-6-9(10(8)12)14(16)17/h4-6H,7H2,1H3,(H,13,15). The van der Waals surface area contributed by atoms with Crippen LogP contribution in [0.2, 0.25) is 0 Å². The Labute approximate surface area is 106 Å². The van der Waals surface area contributed by atoms with Gasteiger partial charge in [0.2, 0.25) is 0 Å². The van der Waals surface area contributed by atoms with Crippen molar-refractivity contribution >= 4 is 27.5 Å². The van der Waals surface area contributed by atoms with Gasteiger partial charge in [0, 0.05) is 6.07 Å². The number of hydrogen-bond acceptors (Lipinski definition) is 3. The monoisotopic (exact) mass is 296 g/mol. The van der Waals surface area contributed by atoms with Crippen molar-refractivity contribution in [3.8, 4) is 11.8 Å². The maximum absolute atomic E-state index is 11.7. The van der Waals surface area contributed by atoms with Crippen molar-refractivity contribution in [1.82, 2.24) is 5.32 Å². The molecule has 1 aromatic rings. The SMILES string of the molecule is CC#CCNC(=O)c1cccc([N+](=O)[O-])c1Br. The Morgan fingerprint density at radius 2 is 2.29 bits per heavy atom. The van der Waals surface area contributed by atoms with Crippen molar-refractivity contribution in [2.75, 3.05) is 6.54 Å². The van der Waals surface area contributed by atoms with E-state index >= 15 is 0 Å².